The van der Waals surface area contributed by atoms with E-state index in [4.69, 9.17) is 0 Å². The van der Waals surface area contributed by atoms with Crippen LogP contribution in [0, 0.1) is 10.1 Å². The van der Waals surface area contributed by atoms with Gasteiger partial charge < -0.3 is 8.60 Å². The number of hydrogen-bond donors (Lipinski definition) is 0. The number of nitro benzene ring substituents is 1. The molecule has 0 atom stereocenters. The minimum atomic E-state index is -4.79. The van der Waals surface area contributed by atoms with Crippen molar-refractivity contribution in [2.45, 2.75) is 11.1 Å². The molecule has 0 saturated heterocycles. The predicted octanol–water partition coefficient (Wildman–Crippen LogP) is 2.97. The summed E-state index contributed by atoms with van der Waals surface area (Å²) in [5.41, 5.74) is -0.514. The molecule has 0 spiro atoms. The highest BCUT2D eigenvalue weighted by atomic mass is 32.2. The second-order valence-electron chi connectivity index (χ2n) is 3.91. The molecule has 0 aliphatic heterocycles. The molecule has 22 heavy (non-hydrogen) atoms. The highest BCUT2D eigenvalue weighted by Gasteiger charge is 2.35. The van der Waals surface area contributed by atoms with Crippen LogP contribution in [0.3, 0.4) is 0 Å². The number of non-ortho nitro benzene ring substituents is 1. The van der Waals surface area contributed by atoms with Crippen molar-refractivity contribution in [3.05, 3.63) is 52.3 Å². The van der Waals surface area contributed by atoms with E-state index in [-0.39, 0.29) is 0 Å². The van der Waals surface area contributed by atoms with E-state index in [1.54, 1.807) is 0 Å². The first kappa shape index (κ1) is 15.8. The van der Waals surface area contributed by atoms with Crippen LogP contribution < -0.4 is 4.18 Å². The van der Waals surface area contributed by atoms with Gasteiger partial charge in [-0.2, -0.15) is 21.6 Å². The minimum Gasteiger partial charge on any atom is -0.420 e. The van der Waals surface area contributed by atoms with E-state index in [1.165, 1.54) is 0 Å². The van der Waals surface area contributed by atoms with Crippen LogP contribution in [-0.4, -0.2) is 13.3 Å². The van der Waals surface area contributed by atoms with Gasteiger partial charge in [-0.25, -0.2) is 0 Å². The van der Waals surface area contributed by atoms with Gasteiger partial charge in [0.25, 0.3) is 5.69 Å². The van der Waals surface area contributed by atoms with Crippen molar-refractivity contribution in [2.24, 2.45) is 0 Å². The van der Waals surface area contributed by atoms with Gasteiger partial charge in [-0.15, -0.1) is 0 Å². The van der Waals surface area contributed by atoms with Crippen LogP contribution in [0.5, 0.6) is 5.95 Å². The molecular weight excluding hydrogens is 331 g/mol. The van der Waals surface area contributed by atoms with Gasteiger partial charge in [0.05, 0.1) is 4.92 Å². The van der Waals surface area contributed by atoms with Gasteiger partial charge in [-0.1, -0.05) is 6.07 Å². The van der Waals surface area contributed by atoms with Crippen molar-refractivity contribution in [2.75, 3.05) is 0 Å². The van der Waals surface area contributed by atoms with Gasteiger partial charge in [0.1, 0.15) is 4.90 Å². The van der Waals surface area contributed by atoms with Gasteiger partial charge in [0.15, 0.2) is 0 Å². The van der Waals surface area contributed by atoms with Crippen molar-refractivity contribution in [1.29, 1.82) is 0 Å². The molecule has 0 aliphatic carbocycles. The molecule has 7 nitrogen and oxygen atoms in total. The number of nitrogens with zero attached hydrogens (tertiary/aromatic N) is 1. The first-order chi connectivity index (χ1) is 10.1. The Balaban J connectivity index is 2.30. The quantitative estimate of drug-likeness (QED) is 0.483. The normalized spacial score (nSPS) is 12.1. The second-order valence-corrected chi connectivity index (χ2v) is 5.45. The smallest absolute Gasteiger partial charge is 0.420 e. The first-order valence-electron chi connectivity index (χ1n) is 5.45. The fraction of sp³-hybridized carbons (Fsp3) is 0.0909. The van der Waals surface area contributed by atoms with E-state index >= 15 is 0 Å². The third-order valence-electron chi connectivity index (χ3n) is 2.37. The van der Waals surface area contributed by atoms with Crippen LogP contribution in [-0.2, 0) is 16.3 Å². The summed E-state index contributed by atoms with van der Waals surface area (Å²) in [5, 5.41) is 10.6. The lowest BCUT2D eigenvalue weighted by Gasteiger charge is -2.04. The molecule has 1 heterocycles. The molecule has 0 fully saturated rings. The predicted molar refractivity (Wildman–Crippen MR) is 64.6 cm³/mol. The minimum absolute atomic E-state index is 0.498. The summed E-state index contributed by atoms with van der Waals surface area (Å²) in [6.45, 7) is 0. The molecule has 2 aromatic rings. The van der Waals surface area contributed by atoms with Crippen LogP contribution in [0.1, 0.15) is 5.76 Å². The molecule has 1 aromatic carbocycles. The van der Waals surface area contributed by atoms with Crippen molar-refractivity contribution in [1.82, 2.24) is 0 Å². The average Bonchev–Trinajstić information content (AvgIpc) is 2.86. The number of hydrogen-bond acceptors (Lipinski definition) is 6. The van der Waals surface area contributed by atoms with Crippen LogP contribution in [0.4, 0.5) is 18.9 Å². The standard InChI is InChI=1S/C11H6F3NO6S/c12-11(13,14)9-4-5-10(20-9)21-22(18,19)8-3-1-2-7(6-8)15(16)17/h1-6H. The summed E-state index contributed by atoms with van der Waals surface area (Å²) in [6, 6.07) is 5.03. The third kappa shape index (κ3) is 3.36. The summed E-state index contributed by atoms with van der Waals surface area (Å²) >= 11 is 0. The Kier molecular flexibility index (Phi) is 3.83. The fourth-order valence-electron chi connectivity index (χ4n) is 1.43. The summed E-state index contributed by atoms with van der Waals surface area (Å²) in [6.07, 6.45) is -4.79. The van der Waals surface area contributed by atoms with E-state index in [0.717, 1.165) is 18.2 Å². The summed E-state index contributed by atoms with van der Waals surface area (Å²) in [5.74, 6) is -2.34. The summed E-state index contributed by atoms with van der Waals surface area (Å²) < 4.78 is 69.3. The van der Waals surface area contributed by atoms with E-state index < -0.39 is 43.5 Å². The third-order valence-corrected chi connectivity index (χ3v) is 3.58. The van der Waals surface area contributed by atoms with Crippen molar-refractivity contribution in [3.8, 4) is 5.95 Å². The van der Waals surface area contributed by atoms with Gasteiger partial charge in [0, 0.05) is 18.2 Å². The van der Waals surface area contributed by atoms with E-state index in [2.05, 4.69) is 8.60 Å². The number of nitro groups is 1. The van der Waals surface area contributed by atoms with Crippen molar-refractivity contribution in [3.63, 3.8) is 0 Å². The van der Waals surface area contributed by atoms with Gasteiger partial charge in [-0.3, -0.25) is 10.1 Å². The molecule has 0 aliphatic rings. The van der Waals surface area contributed by atoms with Gasteiger partial charge >= 0.3 is 22.2 Å². The molecule has 118 valence electrons. The largest absolute Gasteiger partial charge is 0.449 e. The highest BCUT2D eigenvalue weighted by Crippen LogP contribution is 2.33. The summed E-state index contributed by atoms with van der Waals surface area (Å²) in [7, 11) is -4.57. The maximum Gasteiger partial charge on any atom is 0.449 e. The molecule has 0 N–H and O–H groups in total. The summed E-state index contributed by atoms with van der Waals surface area (Å²) in [4.78, 5) is 9.16. The zero-order chi connectivity index (χ0) is 16.5. The maximum absolute atomic E-state index is 12.3. The Morgan fingerprint density at radius 3 is 2.41 bits per heavy atom. The second kappa shape index (κ2) is 5.33. The molecule has 0 amide bonds. The van der Waals surface area contributed by atoms with E-state index in [0.29, 0.717) is 18.2 Å². The number of rotatable bonds is 4. The Bertz CT molecular complexity index is 811. The molecule has 1 aromatic heterocycles. The lowest BCUT2D eigenvalue weighted by molar-refractivity contribution is -0.385. The molecule has 0 saturated carbocycles. The van der Waals surface area contributed by atoms with Crippen LogP contribution in [0.2, 0.25) is 0 Å². The molecular formula is C11H6F3NO6S. The Morgan fingerprint density at radius 2 is 1.86 bits per heavy atom. The van der Waals surface area contributed by atoms with Gasteiger partial charge in [0.2, 0.25) is 5.76 Å². The molecule has 0 unspecified atom stereocenters. The molecule has 2 rings (SSSR count). The topological polar surface area (TPSA) is 99.7 Å². The zero-order valence-corrected chi connectivity index (χ0v) is 11.2. The van der Waals surface area contributed by atoms with Gasteiger partial charge in [-0.05, 0) is 12.1 Å². The molecule has 0 bridgehead atoms. The zero-order valence-electron chi connectivity index (χ0n) is 10.4. The lowest BCUT2D eigenvalue weighted by Crippen LogP contribution is -2.09. The molecule has 11 heteroatoms. The monoisotopic (exact) mass is 337 g/mol. The number of benzene rings is 1. The molecule has 0 radical (unpaired) electrons. The van der Waals surface area contributed by atoms with Crippen LogP contribution in [0.15, 0.2) is 45.7 Å². The number of alkyl halides is 3. The van der Waals surface area contributed by atoms with Crippen molar-refractivity contribution >= 4 is 15.8 Å². The average molecular weight is 337 g/mol. The van der Waals surface area contributed by atoms with Crippen molar-refractivity contribution < 1.29 is 35.1 Å². The first-order valence-corrected chi connectivity index (χ1v) is 6.86. The number of furan rings is 1. The lowest BCUT2D eigenvalue weighted by atomic mass is 10.3. The fourth-order valence-corrected chi connectivity index (χ4v) is 2.34. The van der Waals surface area contributed by atoms with Crippen LogP contribution in [0.25, 0.3) is 0 Å². The Labute approximate surface area is 121 Å². The Hall–Kier alpha value is -2.56. The maximum atomic E-state index is 12.3. The van der Waals surface area contributed by atoms with Crippen LogP contribution >= 0.6 is 0 Å². The number of halogens is 3. The SMILES string of the molecule is O=[N+]([O-])c1cccc(S(=O)(=O)Oc2ccc(C(F)(F)F)o2)c1. The Morgan fingerprint density at radius 1 is 1.18 bits per heavy atom. The van der Waals surface area contributed by atoms with E-state index in [1.807, 2.05) is 0 Å². The van der Waals surface area contributed by atoms with E-state index in [9.17, 15) is 31.7 Å². The highest BCUT2D eigenvalue weighted by molar-refractivity contribution is 7.87.